The van der Waals surface area contributed by atoms with Crippen LogP contribution in [0.1, 0.15) is 19.4 Å². The molecule has 0 aliphatic heterocycles. The van der Waals surface area contributed by atoms with Gasteiger partial charge >= 0.3 is 0 Å². The molecule has 0 aromatic heterocycles. The van der Waals surface area contributed by atoms with Crippen molar-refractivity contribution in [1.82, 2.24) is 4.90 Å². The Morgan fingerprint density at radius 1 is 0.957 bits per heavy atom. The molecule has 0 N–H and O–H groups in total. The maximum absolute atomic E-state index is 12.5. The maximum Gasteiger partial charge on any atom is 0.282 e. The van der Waals surface area contributed by atoms with Gasteiger partial charge < -0.3 is 4.90 Å². The van der Waals surface area contributed by atoms with Crippen molar-refractivity contribution in [2.24, 2.45) is 4.40 Å². The van der Waals surface area contributed by atoms with Crippen molar-refractivity contribution in [2.75, 3.05) is 14.1 Å². The van der Waals surface area contributed by atoms with Gasteiger partial charge in [-0.15, -0.1) is 0 Å². The van der Waals surface area contributed by atoms with Gasteiger partial charge in [0.2, 0.25) is 5.78 Å². The number of ketones is 1. The van der Waals surface area contributed by atoms with Crippen molar-refractivity contribution in [3.63, 3.8) is 0 Å². The Bertz CT molecular complexity index is 842. The minimum atomic E-state index is -3.82. The summed E-state index contributed by atoms with van der Waals surface area (Å²) in [5.41, 5.74) is 2.78. The first-order valence-corrected chi connectivity index (χ1v) is 8.60. The Morgan fingerprint density at radius 2 is 1.52 bits per heavy atom. The first-order chi connectivity index (χ1) is 10.6. The van der Waals surface area contributed by atoms with E-state index in [1.807, 2.05) is 6.92 Å². The number of hydrogen-bond donors (Lipinski definition) is 0. The van der Waals surface area contributed by atoms with E-state index in [-0.39, 0.29) is 10.7 Å². The summed E-state index contributed by atoms with van der Waals surface area (Å²) in [6.07, 6.45) is 1.52. The molecule has 0 amide bonds. The van der Waals surface area contributed by atoms with Crippen molar-refractivity contribution in [3.05, 3.63) is 52.7 Å². The second-order valence-corrected chi connectivity index (χ2v) is 7.37. The van der Waals surface area contributed by atoms with E-state index in [2.05, 4.69) is 4.40 Å². The Morgan fingerprint density at radius 3 is 2.04 bits per heavy atom. The summed E-state index contributed by atoms with van der Waals surface area (Å²) in [7, 11) is -0.341. The van der Waals surface area contributed by atoms with Crippen LogP contribution in [0.4, 0.5) is 0 Å². The zero-order valence-corrected chi connectivity index (χ0v) is 14.7. The smallest absolute Gasteiger partial charge is 0.282 e. The fraction of sp³-hybridized carbons (Fsp3) is 0.294. The van der Waals surface area contributed by atoms with Crippen molar-refractivity contribution in [1.29, 1.82) is 0 Å². The topological polar surface area (TPSA) is 66.8 Å². The van der Waals surface area contributed by atoms with Gasteiger partial charge in [0.25, 0.3) is 10.0 Å². The van der Waals surface area contributed by atoms with Gasteiger partial charge in [-0.25, -0.2) is 0 Å². The number of allylic oxidation sites excluding steroid dienone is 3. The zero-order chi connectivity index (χ0) is 17.4. The van der Waals surface area contributed by atoms with Gasteiger partial charge in [0.1, 0.15) is 0 Å². The van der Waals surface area contributed by atoms with Crippen LogP contribution in [-0.2, 0) is 14.8 Å². The quantitative estimate of drug-likeness (QED) is 0.798. The fourth-order valence-corrected chi connectivity index (χ4v) is 3.21. The van der Waals surface area contributed by atoms with Gasteiger partial charge in [-0.3, -0.25) is 4.79 Å². The van der Waals surface area contributed by atoms with Crippen LogP contribution in [0.5, 0.6) is 0 Å². The number of hydrogen-bond acceptors (Lipinski definition) is 4. The van der Waals surface area contributed by atoms with Crippen LogP contribution < -0.4 is 0 Å². The third-order valence-electron chi connectivity index (χ3n) is 3.81. The van der Waals surface area contributed by atoms with E-state index in [1.54, 1.807) is 45.0 Å². The van der Waals surface area contributed by atoms with E-state index >= 15 is 0 Å². The van der Waals surface area contributed by atoms with Crippen LogP contribution in [0.3, 0.4) is 0 Å². The van der Waals surface area contributed by atoms with Crippen LogP contribution in [0.25, 0.3) is 0 Å². The fourth-order valence-electron chi connectivity index (χ4n) is 2.18. The summed E-state index contributed by atoms with van der Waals surface area (Å²) in [5, 5.41) is 0. The predicted octanol–water partition coefficient (Wildman–Crippen LogP) is 2.49. The van der Waals surface area contributed by atoms with E-state index in [9.17, 15) is 13.2 Å². The summed E-state index contributed by atoms with van der Waals surface area (Å²) in [5.74, 6) is -0.112. The SMILES string of the molecule is CC1=C(C)/C(=N/S(=O)(=O)c2ccc(C)cc2)C=C(N(C)C)C1=O. The van der Waals surface area contributed by atoms with Gasteiger partial charge in [0.15, 0.2) is 0 Å². The van der Waals surface area contributed by atoms with Gasteiger partial charge in [-0.2, -0.15) is 12.8 Å². The molecule has 0 radical (unpaired) electrons. The number of likely N-dealkylation sites (N-methyl/N-ethyl adjacent to an activating group) is 1. The number of carbonyl (C=O) groups is 1. The Kier molecular flexibility index (Phi) is 4.56. The number of aryl methyl sites for hydroxylation is 1. The molecule has 1 aromatic carbocycles. The molecular weight excluding hydrogens is 312 g/mol. The zero-order valence-electron chi connectivity index (χ0n) is 13.9. The van der Waals surface area contributed by atoms with Gasteiger partial charge in [-0.1, -0.05) is 17.7 Å². The molecule has 0 saturated heterocycles. The highest BCUT2D eigenvalue weighted by Crippen LogP contribution is 2.23. The Balaban J connectivity index is 2.56. The molecule has 5 nitrogen and oxygen atoms in total. The highest BCUT2D eigenvalue weighted by molar-refractivity contribution is 7.90. The molecule has 0 spiro atoms. The van der Waals surface area contributed by atoms with E-state index in [4.69, 9.17) is 0 Å². The number of benzene rings is 1. The third-order valence-corrected chi connectivity index (χ3v) is 5.12. The van der Waals surface area contributed by atoms with Crippen LogP contribution >= 0.6 is 0 Å². The molecule has 23 heavy (non-hydrogen) atoms. The second-order valence-electron chi connectivity index (χ2n) is 5.77. The number of sulfonamides is 1. The number of carbonyl (C=O) groups excluding carboxylic acids is 1. The van der Waals surface area contributed by atoms with E-state index in [1.165, 1.54) is 18.2 Å². The van der Waals surface area contributed by atoms with Gasteiger partial charge in [0.05, 0.1) is 16.3 Å². The average Bonchev–Trinajstić information content (AvgIpc) is 2.48. The molecule has 2 rings (SSSR count). The molecule has 1 aromatic rings. The summed E-state index contributed by atoms with van der Waals surface area (Å²) in [6.45, 7) is 5.28. The van der Waals surface area contributed by atoms with Crippen molar-refractivity contribution >= 4 is 21.5 Å². The molecule has 0 atom stereocenters. The van der Waals surface area contributed by atoms with Crippen LogP contribution in [0, 0.1) is 6.92 Å². The molecule has 1 aliphatic rings. The van der Waals surface area contributed by atoms with Crippen molar-refractivity contribution in [3.8, 4) is 0 Å². The molecule has 0 bridgehead atoms. The number of Topliss-reactive ketones (excluding diaryl/α,β-unsaturated/α-hetero) is 1. The highest BCUT2D eigenvalue weighted by Gasteiger charge is 2.25. The number of rotatable bonds is 3. The van der Waals surface area contributed by atoms with Gasteiger partial charge in [0, 0.05) is 19.7 Å². The van der Waals surface area contributed by atoms with E-state index in [0.717, 1.165) is 5.56 Å². The lowest BCUT2D eigenvalue weighted by Crippen LogP contribution is -2.26. The molecule has 1 aliphatic carbocycles. The standard InChI is InChI=1S/C17H20N2O3S/c1-11-6-8-14(9-7-11)23(21,22)18-15-10-16(19(4)5)17(20)13(3)12(15)2/h6-10H,1-5H3/b18-15+. The molecule has 0 fully saturated rings. The maximum atomic E-state index is 12.5. The molecule has 0 unspecified atom stereocenters. The minimum absolute atomic E-state index is 0.112. The Hall–Kier alpha value is -2.21. The molecule has 0 heterocycles. The molecule has 6 heteroatoms. The monoisotopic (exact) mass is 332 g/mol. The predicted molar refractivity (Wildman–Crippen MR) is 91.0 cm³/mol. The van der Waals surface area contributed by atoms with Crippen molar-refractivity contribution in [2.45, 2.75) is 25.7 Å². The lowest BCUT2D eigenvalue weighted by Gasteiger charge is -2.22. The van der Waals surface area contributed by atoms with Crippen LogP contribution in [0.15, 0.2) is 56.5 Å². The lowest BCUT2D eigenvalue weighted by molar-refractivity contribution is -0.113. The summed E-state index contributed by atoms with van der Waals surface area (Å²) < 4.78 is 28.9. The summed E-state index contributed by atoms with van der Waals surface area (Å²) in [6, 6.07) is 6.52. The third kappa shape index (κ3) is 3.42. The molecule has 0 saturated carbocycles. The van der Waals surface area contributed by atoms with Gasteiger partial charge in [-0.05, 0) is 44.6 Å². The van der Waals surface area contributed by atoms with E-state index < -0.39 is 10.0 Å². The lowest BCUT2D eigenvalue weighted by atomic mass is 9.94. The highest BCUT2D eigenvalue weighted by atomic mass is 32.2. The second kappa shape index (κ2) is 6.12. The van der Waals surface area contributed by atoms with Crippen LogP contribution in [0.2, 0.25) is 0 Å². The first-order valence-electron chi connectivity index (χ1n) is 7.16. The molecule has 122 valence electrons. The average molecular weight is 332 g/mol. The minimum Gasteiger partial charge on any atom is -0.374 e. The van der Waals surface area contributed by atoms with Crippen LogP contribution in [-0.4, -0.2) is 38.9 Å². The van der Waals surface area contributed by atoms with Crippen molar-refractivity contribution < 1.29 is 13.2 Å². The van der Waals surface area contributed by atoms with E-state index in [0.29, 0.717) is 22.6 Å². The normalized spacial score (nSPS) is 17.5. The summed E-state index contributed by atoms with van der Waals surface area (Å²) >= 11 is 0. The largest absolute Gasteiger partial charge is 0.374 e. The number of nitrogens with zero attached hydrogens (tertiary/aromatic N) is 2. The Labute approximate surface area is 137 Å². The first kappa shape index (κ1) is 17.1. The summed E-state index contributed by atoms with van der Waals surface area (Å²) in [4.78, 5) is 14.0. The molecular formula is C17H20N2O3S.